The van der Waals surface area contributed by atoms with E-state index < -0.39 is 0 Å². The van der Waals surface area contributed by atoms with Crippen LogP contribution in [0.2, 0.25) is 0 Å². The number of rotatable bonds is 4. The van der Waals surface area contributed by atoms with E-state index in [0.29, 0.717) is 0 Å². The zero-order valence-electron chi connectivity index (χ0n) is 7.53. The van der Waals surface area contributed by atoms with Crippen LogP contribution < -0.4 is 15.8 Å². The van der Waals surface area contributed by atoms with Crippen LogP contribution in [-0.4, -0.2) is 14.2 Å². The van der Waals surface area contributed by atoms with E-state index in [1.165, 1.54) is 7.11 Å². The van der Waals surface area contributed by atoms with E-state index in [1.54, 1.807) is 7.11 Å². The molecule has 0 heterocycles. The Hall–Kier alpha value is -0.970. The number of benzene rings is 1. The molecule has 5 heteroatoms. The van der Waals surface area contributed by atoms with Crippen molar-refractivity contribution in [2.24, 2.45) is 0 Å². The standard InChI is InChI=1S/C8H12N2O2.ClH/c1-11-8-6-4-3-5-7(8)9-10-12-2;/h3-6,9-10H,1-2H3;1H. The summed E-state index contributed by atoms with van der Waals surface area (Å²) < 4.78 is 5.08. The summed E-state index contributed by atoms with van der Waals surface area (Å²) >= 11 is 0. The van der Waals surface area contributed by atoms with Crippen LogP contribution in [0.25, 0.3) is 0 Å². The Bertz CT molecular complexity index is 245. The van der Waals surface area contributed by atoms with Gasteiger partial charge in [-0.3, -0.25) is 10.3 Å². The molecule has 0 saturated heterocycles. The Kier molecular flexibility index (Phi) is 6.05. The van der Waals surface area contributed by atoms with Crippen molar-refractivity contribution in [1.29, 1.82) is 0 Å². The lowest BCUT2D eigenvalue weighted by Gasteiger charge is -2.09. The Balaban J connectivity index is 0.00000144. The van der Waals surface area contributed by atoms with Gasteiger partial charge in [0.2, 0.25) is 0 Å². The predicted molar refractivity (Wildman–Crippen MR) is 54.0 cm³/mol. The van der Waals surface area contributed by atoms with Crippen molar-refractivity contribution in [2.45, 2.75) is 0 Å². The molecule has 0 spiro atoms. The zero-order chi connectivity index (χ0) is 8.81. The highest BCUT2D eigenvalue weighted by atomic mass is 35.5. The quantitative estimate of drug-likeness (QED) is 0.732. The van der Waals surface area contributed by atoms with Gasteiger partial charge in [-0.1, -0.05) is 12.1 Å². The maximum atomic E-state index is 5.08. The van der Waals surface area contributed by atoms with Crippen LogP contribution in [-0.2, 0) is 4.84 Å². The average molecular weight is 205 g/mol. The number of nitrogens with one attached hydrogen (secondary N) is 2. The van der Waals surface area contributed by atoms with Crippen LogP contribution in [0.3, 0.4) is 0 Å². The molecular weight excluding hydrogens is 192 g/mol. The minimum absolute atomic E-state index is 0. The lowest BCUT2D eigenvalue weighted by Crippen LogP contribution is -2.19. The molecule has 0 aliphatic heterocycles. The first kappa shape index (κ1) is 12.0. The van der Waals surface area contributed by atoms with Crippen molar-refractivity contribution in [2.75, 3.05) is 19.6 Å². The number of hydrogen-bond acceptors (Lipinski definition) is 4. The zero-order valence-corrected chi connectivity index (χ0v) is 8.35. The van der Waals surface area contributed by atoms with Crippen molar-refractivity contribution < 1.29 is 9.57 Å². The molecule has 1 aromatic rings. The Labute approximate surface area is 83.6 Å². The Morgan fingerprint density at radius 3 is 2.46 bits per heavy atom. The number of para-hydroxylation sites is 2. The van der Waals surface area contributed by atoms with Gasteiger partial charge in [-0.2, -0.15) is 0 Å². The van der Waals surface area contributed by atoms with Gasteiger partial charge in [0.25, 0.3) is 0 Å². The third kappa shape index (κ3) is 3.50. The van der Waals surface area contributed by atoms with E-state index >= 15 is 0 Å². The Morgan fingerprint density at radius 2 is 1.85 bits per heavy atom. The average Bonchev–Trinajstić information content (AvgIpc) is 2.15. The summed E-state index contributed by atoms with van der Waals surface area (Å²) in [5.41, 5.74) is 6.16. The first-order chi connectivity index (χ1) is 5.88. The van der Waals surface area contributed by atoms with Gasteiger partial charge in [0, 0.05) is 0 Å². The second-order valence-corrected chi connectivity index (χ2v) is 2.13. The van der Waals surface area contributed by atoms with Crippen molar-refractivity contribution in [1.82, 2.24) is 5.59 Å². The van der Waals surface area contributed by atoms with Crippen LogP contribution in [0.1, 0.15) is 0 Å². The van der Waals surface area contributed by atoms with E-state index in [0.717, 1.165) is 11.4 Å². The highest BCUT2D eigenvalue weighted by molar-refractivity contribution is 5.85. The number of hydrogen-bond donors (Lipinski definition) is 2. The van der Waals surface area contributed by atoms with E-state index in [9.17, 15) is 0 Å². The summed E-state index contributed by atoms with van der Waals surface area (Å²) in [6, 6.07) is 7.55. The third-order valence-corrected chi connectivity index (χ3v) is 1.39. The molecule has 0 aromatic heterocycles. The molecule has 0 aliphatic rings. The molecule has 0 amide bonds. The van der Waals surface area contributed by atoms with E-state index in [4.69, 9.17) is 4.74 Å². The molecular formula is C8H13ClN2O2. The van der Waals surface area contributed by atoms with Gasteiger partial charge in [0.05, 0.1) is 19.9 Å². The van der Waals surface area contributed by atoms with Crippen molar-refractivity contribution in [3.05, 3.63) is 24.3 Å². The lowest BCUT2D eigenvalue weighted by molar-refractivity contribution is 0.111. The Morgan fingerprint density at radius 1 is 1.15 bits per heavy atom. The molecule has 0 aliphatic carbocycles. The summed E-state index contributed by atoms with van der Waals surface area (Å²) in [4.78, 5) is 4.63. The topological polar surface area (TPSA) is 42.5 Å². The van der Waals surface area contributed by atoms with Crippen LogP contribution in [0.15, 0.2) is 24.3 Å². The summed E-state index contributed by atoms with van der Waals surface area (Å²) in [5, 5.41) is 0. The molecule has 0 radical (unpaired) electrons. The monoisotopic (exact) mass is 204 g/mol. The normalized spacial score (nSPS) is 8.77. The van der Waals surface area contributed by atoms with Crippen molar-refractivity contribution in [3.8, 4) is 5.75 Å². The van der Waals surface area contributed by atoms with Crippen LogP contribution in [0.4, 0.5) is 5.69 Å². The number of halogens is 1. The number of anilines is 1. The minimum atomic E-state index is 0. The molecule has 2 N–H and O–H groups in total. The maximum Gasteiger partial charge on any atom is 0.143 e. The highest BCUT2D eigenvalue weighted by Crippen LogP contribution is 2.21. The molecule has 1 rings (SSSR count). The second kappa shape index (κ2) is 6.54. The molecule has 0 fully saturated rings. The van der Waals surface area contributed by atoms with Gasteiger partial charge < -0.3 is 4.74 Å². The summed E-state index contributed by atoms with van der Waals surface area (Å²) in [7, 11) is 3.15. The molecule has 4 nitrogen and oxygen atoms in total. The SMILES string of the molecule is CONNc1ccccc1OC.Cl. The van der Waals surface area contributed by atoms with Crippen molar-refractivity contribution in [3.63, 3.8) is 0 Å². The molecule has 13 heavy (non-hydrogen) atoms. The molecule has 0 unspecified atom stereocenters. The minimum Gasteiger partial charge on any atom is -0.495 e. The molecule has 1 aromatic carbocycles. The smallest absolute Gasteiger partial charge is 0.143 e. The first-order valence-corrected chi connectivity index (χ1v) is 3.55. The van der Waals surface area contributed by atoms with Gasteiger partial charge in [0.1, 0.15) is 5.75 Å². The summed E-state index contributed by atoms with van der Waals surface area (Å²) in [6.07, 6.45) is 0. The number of ether oxygens (including phenoxy) is 1. The van der Waals surface area contributed by atoms with Crippen LogP contribution in [0, 0.1) is 0 Å². The van der Waals surface area contributed by atoms with Crippen LogP contribution in [0.5, 0.6) is 5.75 Å². The molecule has 0 atom stereocenters. The number of hydrazine groups is 1. The first-order valence-electron chi connectivity index (χ1n) is 3.55. The van der Waals surface area contributed by atoms with Gasteiger partial charge in [-0.05, 0) is 12.1 Å². The largest absolute Gasteiger partial charge is 0.495 e. The fourth-order valence-corrected chi connectivity index (χ4v) is 0.854. The van der Waals surface area contributed by atoms with Gasteiger partial charge in [-0.15, -0.1) is 18.0 Å². The van der Waals surface area contributed by atoms with E-state index in [1.807, 2.05) is 24.3 Å². The summed E-state index contributed by atoms with van der Waals surface area (Å²) in [6.45, 7) is 0. The third-order valence-electron chi connectivity index (χ3n) is 1.39. The van der Waals surface area contributed by atoms with E-state index in [2.05, 4.69) is 15.9 Å². The predicted octanol–water partition coefficient (Wildman–Crippen LogP) is 1.59. The van der Waals surface area contributed by atoms with Gasteiger partial charge in [-0.25, -0.2) is 0 Å². The van der Waals surface area contributed by atoms with E-state index in [-0.39, 0.29) is 12.4 Å². The molecule has 0 saturated carbocycles. The van der Waals surface area contributed by atoms with Crippen molar-refractivity contribution >= 4 is 18.1 Å². The molecule has 74 valence electrons. The van der Waals surface area contributed by atoms with Gasteiger partial charge in [0.15, 0.2) is 0 Å². The summed E-state index contributed by atoms with van der Waals surface area (Å²) in [5.74, 6) is 0.766. The van der Waals surface area contributed by atoms with Crippen LogP contribution >= 0.6 is 12.4 Å². The second-order valence-electron chi connectivity index (χ2n) is 2.13. The fraction of sp³-hybridized carbons (Fsp3) is 0.250. The lowest BCUT2D eigenvalue weighted by atomic mass is 10.3. The molecule has 0 bridgehead atoms. The fourth-order valence-electron chi connectivity index (χ4n) is 0.854. The highest BCUT2D eigenvalue weighted by Gasteiger charge is 1.97. The van der Waals surface area contributed by atoms with Gasteiger partial charge >= 0.3 is 0 Å². The number of methoxy groups -OCH3 is 1. The maximum absolute atomic E-state index is 5.08.